The average Bonchev–Trinajstić information content (AvgIpc) is 2.43. The summed E-state index contributed by atoms with van der Waals surface area (Å²) in [6, 6.07) is 5.89. The third kappa shape index (κ3) is 3.71. The number of anilines is 1. The third-order valence-corrected chi connectivity index (χ3v) is 4.84. The lowest BCUT2D eigenvalue weighted by molar-refractivity contribution is -0.132. The number of likely N-dealkylation sites (tertiary alicyclic amines) is 1. The summed E-state index contributed by atoms with van der Waals surface area (Å²) in [6.07, 6.45) is 1.74. The summed E-state index contributed by atoms with van der Waals surface area (Å²) in [5.41, 5.74) is 2.02. The molecule has 0 aromatic heterocycles. The molecule has 0 saturated carbocycles. The molecule has 1 aliphatic rings. The van der Waals surface area contributed by atoms with Gasteiger partial charge in [-0.1, -0.05) is 6.07 Å². The molecule has 1 heterocycles. The highest BCUT2D eigenvalue weighted by atomic mass is 127. The minimum Gasteiger partial charge on any atom is -0.342 e. The van der Waals surface area contributed by atoms with Gasteiger partial charge < -0.3 is 10.2 Å². The van der Waals surface area contributed by atoms with Gasteiger partial charge in [0.25, 0.3) is 0 Å². The Kier molecular flexibility index (Phi) is 5.01. The molecule has 1 aromatic carbocycles. The van der Waals surface area contributed by atoms with Crippen molar-refractivity contribution < 1.29 is 9.59 Å². The van der Waals surface area contributed by atoms with E-state index in [0.717, 1.165) is 28.6 Å². The minimum atomic E-state index is -0.105. The van der Waals surface area contributed by atoms with E-state index in [1.807, 2.05) is 25.1 Å². The number of nitrogens with one attached hydrogen (secondary N) is 1. The van der Waals surface area contributed by atoms with Crippen LogP contribution in [0, 0.1) is 16.4 Å². The standard InChI is InChI=1S/C15H19IN2O2/c1-10-5-6-13(8-14(10)16)17-15(20)12-4-3-7-18(9-12)11(2)19/h5-6,8,12H,3-4,7,9H2,1-2H3,(H,17,20)/t12-/m1/s1. The normalized spacial score (nSPS) is 18.8. The van der Waals surface area contributed by atoms with Gasteiger partial charge in [0.05, 0.1) is 5.92 Å². The van der Waals surface area contributed by atoms with Crippen LogP contribution in [0.15, 0.2) is 18.2 Å². The minimum absolute atomic E-state index is 0.00982. The summed E-state index contributed by atoms with van der Waals surface area (Å²) < 4.78 is 1.13. The molecule has 20 heavy (non-hydrogen) atoms. The molecule has 0 radical (unpaired) electrons. The van der Waals surface area contributed by atoms with Crippen molar-refractivity contribution in [1.82, 2.24) is 4.90 Å². The fourth-order valence-electron chi connectivity index (χ4n) is 2.39. The number of nitrogens with zero attached hydrogens (tertiary/aromatic N) is 1. The lowest BCUT2D eigenvalue weighted by atomic mass is 9.97. The number of rotatable bonds is 2. The van der Waals surface area contributed by atoms with Crippen molar-refractivity contribution in [2.24, 2.45) is 5.92 Å². The van der Waals surface area contributed by atoms with Gasteiger partial charge in [-0.3, -0.25) is 9.59 Å². The molecule has 5 heteroatoms. The van der Waals surface area contributed by atoms with Crippen LogP contribution in [0.2, 0.25) is 0 Å². The van der Waals surface area contributed by atoms with Gasteiger partial charge in [0.2, 0.25) is 11.8 Å². The first-order valence-corrected chi connectivity index (χ1v) is 7.88. The average molecular weight is 386 g/mol. The molecule has 1 aromatic rings. The molecule has 2 rings (SSSR count). The topological polar surface area (TPSA) is 49.4 Å². The maximum Gasteiger partial charge on any atom is 0.229 e. The zero-order valence-corrected chi connectivity index (χ0v) is 13.9. The van der Waals surface area contributed by atoms with Gasteiger partial charge in [-0.2, -0.15) is 0 Å². The first-order valence-electron chi connectivity index (χ1n) is 6.80. The molecule has 0 bridgehead atoms. The largest absolute Gasteiger partial charge is 0.342 e. The predicted molar refractivity (Wildman–Crippen MR) is 87.5 cm³/mol. The fourth-order valence-corrected chi connectivity index (χ4v) is 2.91. The summed E-state index contributed by atoms with van der Waals surface area (Å²) in [4.78, 5) is 25.4. The lowest BCUT2D eigenvalue weighted by Gasteiger charge is -2.31. The zero-order valence-electron chi connectivity index (χ0n) is 11.8. The van der Waals surface area contributed by atoms with Crippen LogP contribution in [0.1, 0.15) is 25.3 Å². The number of piperidine rings is 1. The van der Waals surface area contributed by atoms with Crippen LogP contribution in [0.3, 0.4) is 0 Å². The number of benzene rings is 1. The second kappa shape index (κ2) is 6.56. The Morgan fingerprint density at radius 3 is 2.80 bits per heavy atom. The Morgan fingerprint density at radius 1 is 1.40 bits per heavy atom. The summed E-state index contributed by atoms with van der Waals surface area (Å²) in [5, 5.41) is 2.96. The molecule has 0 unspecified atom stereocenters. The molecule has 1 aliphatic heterocycles. The molecular formula is C15H19IN2O2. The van der Waals surface area contributed by atoms with Crippen molar-refractivity contribution in [2.75, 3.05) is 18.4 Å². The molecule has 2 amide bonds. The van der Waals surface area contributed by atoms with E-state index in [0.29, 0.717) is 6.54 Å². The van der Waals surface area contributed by atoms with Gasteiger partial charge in [0, 0.05) is 29.3 Å². The van der Waals surface area contributed by atoms with Crippen LogP contribution in [-0.4, -0.2) is 29.8 Å². The van der Waals surface area contributed by atoms with E-state index < -0.39 is 0 Å². The van der Waals surface area contributed by atoms with Gasteiger partial charge in [0.15, 0.2) is 0 Å². The Bertz CT molecular complexity index is 531. The molecule has 1 atom stereocenters. The quantitative estimate of drug-likeness (QED) is 0.795. The monoisotopic (exact) mass is 386 g/mol. The van der Waals surface area contributed by atoms with Gasteiger partial charge in [0.1, 0.15) is 0 Å². The number of hydrogen-bond donors (Lipinski definition) is 1. The van der Waals surface area contributed by atoms with Crippen molar-refractivity contribution in [3.63, 3.8) is 0 Å². The van der Waals surface area contributed by atoms with Crippen LogP contribution in [0.4, 0.5) is 5.69 Å². The van der Waals surface area contributed by atoms with Gasteiger partial charge in [-0.05, 0) is 60.1 Å². The third-order valence-electron chi connectivity index (χ3n) is 3.68. The van der Waals surface area contributed by atoms with E-state index in [-0.39, 0.29) is 17.7 Å². The van der Waals surface area contributed by atoms with E-state index in [9.17, 15) is 9.59 Å². The van der Waals surface area contributed by atoms with Crippen LogP contribution in [0.5, 0.6) is 0 Å². The van der Waals surface area contributed by atoms with Crippen molar-refractivity contribution in [1.29, 1.82) is 0 Å². The highest BCUT2D eigenvalue weighted by Crippen LogP contribution is 2.21. The highest BCUT2D eigenvalue weighted by molar-refractivity contribution is 14.1. The molecule has 108 valence electrons. The van der Waals surface area contributed by atoms with Crippen LogP contribution < -0.4 is 5.32 Å². The Morgan fingerprint density at radius 2 is 2.15 bits per heavy atom. The molecular weight excluding hydrogens is 367 g/mol. The van der Waals surface area contributed by atoms with Crippen molar-refractivity contribution in [3.8, 4) is 0 Å². The number of amides is 2. The molecule has 0 spiro atoms. The van der Waals surface area contributed by atoms with E-state index in [1.165, 1.54) is 5.56 Å². The molecule has 4 nitrogen and oxygen atoms in total. The summed E-state index contributed by atoms with van der Waals surface area (Å²) in [6.45, 7) is 4.90. The molecule has 1 N–H and O–H groups in total. The van der Waals surface area contributed by atoms with E-state index in [4.69, 9.17) is 0 Å². The number of halogens is 1. The molecule has 1 fully saturated rings. The maximum absolute atomic E-state index is 12.3. The van der Waals surface area contributed by atoms with E-state index in [2.05, 4.69) is 27.9 Å². The Labute approximate surface area is 133 Å². The van der Waals surface area contributed by atoms with Crippen molar-refractivity contribution in [3.05, 3.63) is 27.3 Å². The first kappa shape index (κ1) is 15.3. The number of carbonyl (C=O) groups excluding carboxylic acids is 2. The van der Waals surface area contributed by atoms with Crippen LogP contribution in [-0.2, 0) is 9.59 Å². The van der Waals surface area contributed by atoms with Crippen molar-refractivity contribution >= 4 is 40.1 Å². The summed E-state index contributed by atoms with van der Waals surface area (Å²) >= 11 is 2.26. The van der Waals surface area contributed by atoms with Gasteiger partial charge >= 0.3 is 0 Å². The van der Waals surface area contributed by atoms with Gasteiger partial charge in [-0.25, -0.2) is 0 Å². The Hall–Kier alpha value is -1.11. The number of aryl methyl sites for hydroxylation is 1. The van der Waals surface area contributed by atoms with Crippen LogP contribution >= 0.6 is 22.6 Å². The number of hydrogen-bond acceptors (Lipinski definition) is 2. The summed E-state index contributed by atoms with van der Waals surface area (Å²) in [5.74, 6) is -0.0467. The second-order valence-corrected chi connectivity index (χ2v) is 6.42. The smallest absolute Gasteiger partial charge is 0.229 e. The van der Waals surface area contributed by atoms with E-state index >= 15 is 0 Å². The Balaban J connectivity index is 2.00. The summed E-state index contributed by atoms with van der Waals surface area (Å²) in [7, 11) is 0. The second-order valence-electron chi connectivity index (χ2n) is 5.26. The zero-order chi connectivity index (χ0) is 14.7. The SMILES string of the molecule is CC(=O)N1CCC[C@@H](C(=O)Nc2ccc(C)c(I)c2)C1. The molecule has 1 saturated heterocycles. The fraction of sp³-hybridized carbons (Fsp3) is 0.467. The first-order chi connectivity index (χ1) is 9.47. The van der Waals surface area contributed by atoms with Crippen molar-refractivity contribution in [2.45, 2.75) is 26.7 Å². The molecule has 0 aliphatic carbocycles. The number of carbonyl (C=O) groups is 2. The predicted octanol–water partition coefficient (Wildman–Crippen LogP) is 2.80. The maximum atomic E-state index is 12.3. The van der Waals surface area contributed by atoms with Crippen LogP contribution in [0.25, 0.3) is 0 Å². The van der Waals surface area contributed by atoms with E-state index in [1.54, 1.807) is 11.8 Å². The highest BCUT2D eigenvalue weighted by Gasteiger charge is 2.26. The lowest BCUT2D eigenvalue weighted by Crippen LogP contribution is -2.42. The van der Waals surface area contributed by atoms with Gasteiger partial charge in [-0.15, -0.1) is 0 Å².